The molecule has 1 aliphatic heterocycles. The van der Waals surface area contributed by atoms with E-state index in [1.165, 1.54) is 33.4 Å². The zero-order valence-electron chi connectivity index (χ0n) is 33.3. The van der Waals surface area contributed by atoms with E-state index in [1.54, 1.807) is 0 Å². The Morgan fingerprint density at radius 1 is 0.525 bits per heavy atom. The lowest BCUT2D eigenvalue weighted by Crippen LogP contribution is -2.35. The SMILES string of the molecule is C1=CC2c3ccccc3N(c3nc(-c4ccccc4)nc(-c4cccc(-c5ccccc5)c4)n3)C2C2=C1c1ccccc1C(c1ccc(-c3nc4ccccc4o3)cc1)CC2. The molecule has 290 valence electrons. The van der Waals surface area contributed by atoms with Gasteiger partial charge in [0.25, 0.3) is 0 Å². The monoisotopic (exact) mass is 785 g/mol. The number of para-hydroxylation sites is 3. The molecule has 2 aliphatic carbocycles. The third-order valence-corrected chi connectivity index (χ3v) is 12.6. The molecule has 0 N–H and O–H groups in total. The van der Waals surface area contributed by atoms with Crippen molar-refractivity contribution in [2.24, 2.45) is 0 Å². The second-order valence-corrected chi connectivity index (χ2v) is 16.1. The van der Waals surface area contributed by atoms with Gasteiger partial charge in [0.1, 0.15) is 5.52 Å². The van der Waals surface area contributed by atoms with Crippen LogP contribution in [-0.4, -0.2) is 26.0 Å². The summed E-state index contributed by atoms with van der Waals surface area (Å²) in [5.74, 6) is 2.93. The van der Waals surface area contributed by atoms with E-state index in [0.29, 0.717) is 23.5 Å². The van der Waals surface area contributed by atoms with Crippen LogP contribution in [0.5, 0.6) is 0 Å². The highest BCUT2D eigenvalue weighted by atomic mass is 16.3. The molecule has 12 rings (SSSR count). The number of aromatic nitrogens is 4. The van der Waals surface area contributed by atoms with Crippen molar-refractivity contribution in [1.82, 2.24) is 19.9 Å². The summed E-state index contributed by atoms with van der Waals surface area (Å²) >= 11 is 0. The van der Waals surface area contributed by atoms with Crippen molar-refractivity contribution in [3.05, 3.63) is 222 Å². The maximum absolute atomic E-state index is 6.14. The number of anilines is 2. The molecule has 0 saturated heterocycles. The van der Waals surface area contributed by atoms with Crippen molar-refractivity contribution in [2.45, 2.75) is 30.7 Å². The van der Waals surface area contributed by atoms with Crippen molar-refractivity contribution in [1.29, 1.82) is 0 Å². The quantitative estimate of drug-likeness (QED) is 0.167. The van der Waals surface area contributed by atoms with E-state index in [2.05, 4.69) is 151 Å². The van der Waals surface area contributed by atoms with E-state index in [0.717, 1.165) is 57.4 Å². The summed E-state index contributed by atoms with van der Waals surface area (Å²) in [6.45, 7) is 0. The molecule has 3 heterocycles. The van der Waals surface area contributed by atoms with E-state index < -0.39 is 0 Å². The van der Waals surface area contributed by atoms with Crippen molar-refractivity contribution < 1.29 is 4.42 Å². The number of hydrogen-bond donors (Lipinski definition) is 0. The standard InChI is InChI=1S/C55H39N5O/c1-3-14-35(15-4-1)39-18-13-19-40(34-39)53-57-52(37-16-5-2-6-17-37)58-55(59-53)60-49-24-11-9-22-45(49)47-33-31-44-43-21-8-7-20-42(43)41(30-32-46(44)51(47)60)36-26-28-38(29-27-36)54-56-48-23-10-12-25-50(48)61-54/h1-29,31,33-34,41,47,51H,30,32H2. The fourth-order valence-electron chi connectivity index (χ4n) is 9.78. The smallest absolute Gasteiger partial charge is 0.234 e. The Bertz CT molecular complexity index is 3140. The topological polar surface area (TPSA) is 67.9 Å². The second-order valence-electron chi connectivity index (χ2n) is 16.1. The summed E-state index contributed by atoms with van der Waals surface area (Å²) in [5.41, 5.74) is 15.9. The van der Waals surface area contributed by atoms with E-state index in [-0.39, 0.29) is 17.9 Å². The molecular formula is C55H39N5O. The molecule has 2 aromatic heterocycles. The molecule has 0 saturated carbocycles. The van der Waals surface area contributed by atoms with Gasteiger partial charge >= 0.3 is 0 Å². The Balaban J connectivity index is 0.965. The summed E-state index contributed by atoms with van der Waals surface area (Å²) in [6.07, 6.45) is 6.68. The fourth-order valence-corrected chi connectivity index (χ4v) is 9.78. The predicted octanol–water partition coefficient (Wildman–Crippen LogP) is 13.2. The van der Waals surface area contributed by atoms with Gasteiger partial charge in [-0.05, 0) is 93.8 Å². The zero-order chi connectivity index (χ0) is 40.3. The lowest BCUT2D eigenvalue weighted by molar-refractivity contribution is 0.619. The van der Waals surface area contributed by atoms with Gasteiger partial charge in [-0.1, -0.05) is 158 Å². The molecule has 0 bridgehead atoms. The summed E-state index contributed by atoms with van der Waals surface area (Å²) in [6, 6.07) is 63.8. The van der Waals surface area contributed by atoms with Gasteiger partial charge in [-0.25, -0.2) is 9.97 Å². The predicted molar refractivity (Wildman–Crippen MR) is 244 cm³/mol. The van der Waals surface area contributed by atoms with Gasteiger partial charge in [0.15, 0.2) is 17.2 Å². The van der Waals surface area contributed by atoms with Crippen LogP contribution >= 0.6 is 0 Å². The van der Waals surface area contributed by atoms with Crippen molar-refractivity contribution in [3.8, 4) is 45.4 Å². The molecule has 0 fully saturated rings. The van der Waals surface area contributed by atoms with E-state index in [1.807, 2.05) is 48.5 Å². The molecule has 0 radical (unpaired) electrons. The van der Waals surface area contributed by atoms with Crippen molar-refractivity contribution in [2.75, 3.05) is 4.90 Å². The molecule has 0 spiro atoms. The molecule has 7 aromatic carbocycles. The minimum Gasteiger partial charge on any atom is -0.436 e. The number of rotatable bonds is 6. The Hall–Kier alpha value is -7.70. The average Bonchev–Trinajstić information content (AvgIpc) is 3.87. The van der Waals surface area contributed by atoms with Crippen LogP contribution in [0.2, 0.25) is 0 Å². The molecule has 3 unspecified atom stereocenters. The van der Waals surface area contributed by atoms with Crippen LogP contribution in [0.25, 0.3) is 62.0 Å². The summed E-state index contributed by atoms with van der Waals surface area (Å²) in [5, 5.41) is 0. The average molecular weight is 786 g/mol. The number of oxazole rings is 1. The largest absolute Gasteiger partial charge is 0.436 e. The highest BCUT2D eigenvalue weighted by Gasteiger charge is 2.45. The van der Waals surface area contributed by atoms with Crippen LogP contribution in [0.15, 0.2) is 204 Å². The van der Waals surface area contributed by atoms with Gasteiger partial charge in [-0.2, -0.15) is 9.97 Å². The van der Waals surface area contributed by atoms with Crippen LogP contribution in [0.3, 0.4) is 0 Å². The normalized spacial score (nSPS) is 17.7. The maximum Gasteiger partial charge on any atom is 0.234 e. The second kappa shape index (κ2) is 14.5. The first kappa shape index (κ1) is 35.3. The highest BCUT2D eigenvalue weighted by Crippen LogP contribution is 2.54. The lowest BCUT2D eigenvalue weighted by Gasteiger charge is -2.34. The molecule has 6 nitrogen and oxygen atoms in total. The first-order valence-electron chi connectivity index (χ1n) is 21.1. The lowest BCUT2D eigenvalue weighted by atomic mass is 9.80. The summed E-state index contributed by atoms with van der Waals surface area (Å²) < 4.78 is 6.14. The Morgan fingerprint density at radius 2 is 1.20 bits per heavy atom. The van der Waals surface area contributed by atoms with E-state index in [4.69, 9.17) is 24.4 Å². The first-order chi connectivity index (χ1) is 30.2. The number of allylic oxidation sites excluding steroid dienone is 2. The van der Waals surface area contributed by atoms with Gasteiger partial charge in [-0.3, -0.25) is 0 Å². The van der Waals surface area contributed by atoms with E-state index >= 15 is 0 Å². The van der Waals surface area contributed by atoms with E-state index in [9.17, 15) is 0 Å². The van der Waals surface area contributed by atoms with Crippen LogP contribution in [0.1, 0.15) is 46.9 Å². The van der Waals surface area contributed by atoms with Crippen molar-refractivity contribution in [3.63, 3.8) is 0 Å². The molecule has 61 heavy (non-hydrogen) atoms. The first-order valence-corrected chi connectivity index (χ1v) is 21.1. The molecule has 0 amide bonds. The number of benzene rings is 7. The molecule has 6 heteroatoms. The molecular weight excluding hydrogens is 747 g/mol. The fraction of sp³-hybridized carbons (Fsp3) is 0.0909. The third kappa shape index (κ3) is 6.10. The molecule has 3 atom stereocenters. The minimum absolute atomic E-state index is 0.0136. The van der Waals surface area contributed by atoms with Crippen LogP contribution in [-0.2, 0) is 0 Å². The summed E-state index contributed by atoms with van der Waals surface area (Å²) in [7, 11) is 0. The number of hydrogen-bond acceptors (Lipinski definition) is 6. The highest BCUT2D eigenvalue weighted by molar-refractivity contribution is 5.87. The molecule has 3 aliphatic rings. The van der Waals surface area contributed by atoms with Crippen LogP contribution < -0.4 is 4.90 Å². The Labute approximate surface area is 354 Å². The molecule has 9 aromatic rings. The third-order valence-electron chi connectivity index (χ3n) is 12.6. The summed E-state index contributed by atoms with van der Waals surface area (Å²) in [4.78, 5) is 23.1. The maximum atomic E-state index is 6.14. The van der Waals surface area contributed by atoms with Crippen LogP contribution in [0, 0.1) is 0 Å². The zero-order valence-corrected chi connectivity index (χ0v) is 33.3. The number of nitrogens with zero attached hydrogens (tertiary/aromatic N) is 5. The Morgan fingerprint density at radius 3 is 2.02 bits per heavy atom. The van der Waals surface area contributed by atoms with Crippen LogP contribution in [0.4, 0.5) is 11.6 Å². The van der Waals surface area contributed by atoms with Gasteiger partial charge in [0.05, 0.1) is 6.04 Å². The van der Waals surface area contributed by atoms with Gasteiger partial charge < -0.3 is 9.32 Å². The van der Waals surface area contributed by atoms with Gasteiger partial charge in [-0.15, -0.1) is 0 Å². The van der Waals surface area contributed by atoms with Gasteiger partial charge in [0.2, 0.25) is 11.8 Å². The minimum atomic E-state index is -0.0136. The van der Waals surface area contributed by atoms with Crippen molar-refractivity contribution >= 4 is 28.3 Å². The number of fused-ring (bicyclic) bond motifs is 7. The Kier molecular flexibility index (Phi) is 8.40. The van der Waals surface area contributed by atoms with Gasteiger partial charge in [0, 0.05) is 34.2 Å².